The van der Waals surface area contributed by atoms with E-state index in [0.717, 1.165) is 6.08 Å². The number of rotatable bonds is 3. The molecule has 1 aromatic carbocycles. The molecule has 0 bridgehead atoms. The third-order valence-corrected chi connectivity index (χ3v) is 1.69. The lowest BCUT2D eigenvalue weighted by Crippen LogP contribution is -2.05. The van der Waals surface area contributed by atoms with Gasteiger partial charge in [-0.05, 0) is 17.7 Å². The Hall–Kier alpha value is -1.68. The molecule has 0 unspecified atom stereocenters. The summed E-state index contributed by atoms with van der Waals surface area (Å²) in [5, 5.41) is 8.70. The summed E-state index contributed by atoms with van der Waals surface area (Å²) in [5.74, 6) is -1.09. The Balaban J connectivity index is 2.91. The quantitative estimate of drug-likeness (QED) is 0.701. The minimum atomic E-state index is -0.586. The zero-order chi connectivity index (χ0) is 10.6. The monoisotopic (exact) mass is 195 g/mol. The van der Waals surface area contributed by atoms with Gasteiger partial charge in [-0.3, -0.25) is 4.79 Å². The summed E-state index contributed by atoms with van der Waals surface area (Å²) >= 11 is 0. The lowest BCUT2D eigenvalue weighted by molar-refractivity contribution is -0.113. The number of benzene rings is 1. The first-order valence-corrected chi connectivity index (χ1v) is 4.00. The minimum absolute atomic E-state index is 0.223. The fourth-order valence-corrected chi connectivity index (χ4v) is 0.974. The molecule has 1 amide bonds. The van der Waals surface area contributed by atoms with Gasteiger partial charge in [0.05, 0.1) is 6.61 Å². The summed E-state index contributed by atoms with van der Waals surface area (Å²) in [6.07, 6.45) is 2.56. The molecule has 74 valence electrons. The van der Waals surface area contributed by atoms with Crippen LogP contribution < -0.4 is 5.73 Å². The van der Waals surface area contributed by atoms with Crippen LogP contribution in [-0.4, -0.2) is 11.0 Å². The van der Waals surface area contributed by atoms with Gasteiger partial charge in [0.2, 0.25) is 5.91 Å². The lowest BCUT2D eigenvalue weighted by Gasteiger charge is -1.99. The average Bonchev–Trinajstić information content (AvgIpc) is 2.15. The maximum absolute atomic E-state index is 13.1. The highest BCUT2D eigenvalue weighted by Gasteiger charge is 2.00. The molecule has 1 aromatic rings. The van der Waals surface area contributed by atoms with Gasteiger partial charge in [0, 0.05) is 11.6 Å². The first-order valence-electron chi connectivity index (χ1n) is 4.00. The highest BCUT2D eigenvalue weighted by Crippen LogP contribution is 2.11. The second-order valence-corrected chi connectivity index (χ2v) is 2.74. The zero-order valence-electron chi connectivity index (χ0n) is 7.40. The van der Waals surface area contributed by atoms with Crippen molar-refractivity contribution in [2.24, 2.45) is 5.73 Å². The van der Waals surface area contributed by atoms with Crippen molar-refractivity contribution in [1.82, 2.24) is 0 Å². The van der Waals surface area contributed by atoms with Crippen LogP contribution in [0.15, 0.2) is 24.3 Å². The van der Waals surface area contributed by atoms with Crippen LogP contribution >= 0.6 is 0 Å². The number of aliphatic hydroxyl groups is 1. The van der Waals surface area contributed by atoms with E-state index in [9.17, 15) is 9.18 Å². The van der Waals surface area contributed by atoms with Gasteiger partial charge in [0.25, 0.3) is 0 Å². The largest absolute Gasteiger partial charge is 0.392 e. The second-order valence-electron chi connectivity index (χ2n) is 2.74. The van der Waals surface area contributed by atoms with Crippen molar-refractivity contribution in [3.8, 4) is 0 Å². The molecule has 0 aliphatic heterocycles. The molecule has 0 aliphatic rings. The SMILES string of the molecule is NC(=O)C=Cc1ccc(CO)c(F)c1. The Labute approximate surface area is 80.7 Å². The molecule has 14 heavy (non-hydrogen) atoms. The van der Waals surface area contributed by atoms with Crippen molar-refractivity contribution in [2.75, 3.05) is 0 Å². The van der Waals surface area contributed by atoms with E-state index < -0.39 is 11.7 Å². The van der Waals surface area contributed by atoms with E-state index in [4.69, 9.17) is 10.8 Å². The summed E-state index contributed by atoms with van der Waals surface area (Å²) in [7, 11) is 0. The van der Waals surface area contributed by atoms with E-state index in [2.05, 4.69) is 0 Å². The third-order valence-electron chi connectivity index (χ3n) is 1.69. The topological polar surface area (TPSA) is 63.3 Å². The summed E-state index contributed by atoms with van der Waals surface area (Å²) in [6, 6.07) is 4.27. The molecule has 3 N–H and O–H groups in total. The predicted octanol–water partition coefficient (Wildman–Crippen LogP) is 0.817. The summed E-state index contributed by atoms with van der Waals surface area (Å²) < 4.78 is 13.1. The van der Waals surface area contributed by atoms with Crippen LogP contribution in [0.25, 0.3) is 6.08 Å². The van der Waals surface area contributed by atoms with Gasteiger partial charge in [-0.2, -0.15) is 0 Å². The van der Waals surface area contributed by atoms with Crippen molar-refractivity contribution < 1.29 is 14.3 Å². The lowest BCUT2D eigenvalue weighted by atomic mass is 10.1. The van der Waals surface area contributed by atoms with Crippen LogP contribution in [0.1, 0.15) is 11.1 Å². The first kappa shape index (κ1) is 10.4. The minimum Gasteiger partial charge on any atom is -0.392 e. The van der Waals surface area contributed by atoms with Crippen molar-refractivity contribution in [3.63, 3.8) is 0 Å². The Morgan fingerprint density at radius 1 is 1.57 bits per heavy atom. The predicted molar refractivity (Wildman–Crippen MR) is 50.6 cm³/mol. The van der Waals surface area contributed by atoms with E-state index >= 15 is 0 Å². The summed E-state index contributed by atoms with van der Waals surface area (Å²) in [4.78, 5) is 10.4. The molecule has 3 nitrogen and oxygen atoms in total. The molecule has 0 heterocycles. The average molecular weight is 195 g/mol. The highest BCUT2D eigenvalue weighted by atomic mass is 19.1. The molecule has 0 saturated heterocycles. The standard InChI is InChI=1S/C10H10FNO2/c11-9-5-7(2-4-10(12)14)1-3-8(9)6-13/h1-5,13H,6H2,(H2,12,14). The number of halogens is 1. The summed E-state index contributed by atoms with van der Waals surface area (Å²) in [5.41, 5.74) is 5.62. The molecule has 0 aliphatic carbocycles. The zero-order valence-corrected chi connectivity index (χ0v) is 7.40. The van der Waals surface area contributed by atoms with Gasteiger partial charge >= 0.3 is 0 Å². The second kappa shape index (κ2) is 4.53. The van der Waals surface area contributed by atoms with Gasteiger partial charge in [-0.25, -0.2) is 4.39 Å². The Bertz CT molecular complexity index is 374. The fourth-order valence-electron chi connectivity index (χ4n) is 0.974. The first-order chi connectivity index (χ1) is 6.63. The van der Waals surface area contributed by atoms with Gasteiger partial charge in [0.1, 0.15) is 5.82 Å². The molecule has 0 aromatic heterocycles. The number of hydrogen-bond donors (Lipinski definition) is 2. The molecular weight excluding hydrogens is 185 g/mol. The number of amides is 1. The van der Waals surface area contributed by atoms with Crippen LogP contribution in [0.3, 0.4) is 0 Å². The molecule has 1 rings (SSSR count). The van der Waals surface area contributed by atoms with E-state index in [0.29, 0.717) is 5.56 Å². The third kappa shape index (κ3) is 2.67. The maximum Gasteiger partial charge on any atom is 0.241 e. The number of hydrogen-bond acceptors (Lipinski definition) is 2. The van der Waals surface area contributed by atoms with Crippen molar-refractivity contribution >= 4 is 12.0 Å². The highest BCUT2D eigenvalue weighted by molar-refractivity contribution is 5.90. The van der Waals surface area contributed by atoms with Gasteiger partial charge in [-0.1, -0.05) is 12.1 Å². The number of aliphatic hydroxyl groups excluding tert-OH is 1. The fraction of sp³-hybridized carbons (Fsp3) is 0.100. The van der Waals surface area contributed by atoms with Crippen molar-refractivity contribution in [2.45, 2.75) is 6.61 Å². The van der Waals surface area contributed by atoms with E-state index in [1.165, 1.54) is 18.2 Å². The van der Waals surface area contributed by atoms with E-state index in [-0.39, 0.29) is 12.2 Å². The van der Waals surface area contributed by atoms with Gasteiger partial charge < -0.3 is 10.8 Å². The molecule has 4 heteroatoms. The smallest absolute Gasteiger partial charge is 0.241 e. The molecule has 0 atom stereocenters. The van der Waals surface area contributed by atoms with Gasteiger partial charge in [-0.15, -0.1) is 0 Å². The number of carbonyl (C=O) groups excluding carboxylic acids is 1. The maximum atomic E-state index is 13.1. The summed E-state index contributed by atoms with van der Waals surface area (Å²) in [6.45, 7) is -0.342. The Morgan fingerprint density at radius 3 is 2.79 bits per heavy atom. The molecule has 0 spiro atoms. The van der Waals surface area contributed by atoms with Gasteiger partial charge in [0.15, 0.2) is 0 Å². The molecule has 0 fully saturated rings. The molecule has 0 saturated carbocycles. The molecule has 0 radical (unpaired) electrons. The van der Waals surface area contributed by atoms with Crippen molar-refractivity contribution in [1.29, 1.82) is 0 Å². The molecular formula is C10H10FNO2. The van der Waals surface area contributed by atoms with E-state index in [1.807, 2.05) is 0 Å². The Morgan fingerprint density at radius 2 is 2.29 bits per heavy atom. The van der Waals surface area contributed by atoms with Crippen LogP contribution in [-0.2, 0) is 11.4 Å². The number of carbonyl (C=O) groups is 1. The number of primary amides is 1. The van der Waals surface area contributed by atoms with Crippen LogP contribution in [0.4, 0.5) is 4.39 Å². The number of nitrogens with two attached hydrogens (primary N) is 1. The van der Waals surface area contributed by atoms with Crippen LogP contribution in [0.5, 0.6) is 0 Å². The normalized spacial score (nSPS) is 10.7. The Kier molecular flexibility index (Phi) is 3.36. The van der Waals surface area contributed by atoms with Crippen LogP contribution in [0, 0.1) is 5.82 Å². The van der Waals surface area contributed by atoms with E-state index in [1.54, 1.807) is 6.07 Å². The van der Waals surface area contributed by atoms with Crippen LogP contribution in [0.2, 0.25) is 0 Å². The van der Waals surface area contributed by atoms with Crippen molar-refractivity contribution in [3.05, 3.63) is 41.2 Å².